The van der Waals surface area contributed by atoms with Gasteiger partial charge in [0.05, 0.1) is 0 Å². The van der Waals surface area contributed by atoms with Crippen molar-refractivity contribution in [2.45, 2.75) is 26.3 Å². The third-order valence-electron chi connectivity index (χ3n) is 3.15. The molecule has 5 heteroatoms. The molecular weight excluding hydrogens is 244 g/mol. The first-order valence-corrected chi connectivity index (χ1v) is 6.28. The summed E-state index contributed by atoms with van der Waals surface area (Å²) >= 11 is 0. The van der Waals surface area contributed by atoms with Crippen molar-refractivity contribution in [3.05, 3.63) is 30.3 Å². The monoisotopic (exact) mass is 264 g/mol. The summed E-state index contributed by atoms with van der Waals surface area (Å²) in [4.78, 5) is 26.1. The van der Waals surface area contributed by atoms with Crippen LogP contribution < -0.4 is 4.90 Å². The summed E-state index contributed by atoms with van der Waals surface area (Å²) in [5.74, 6) is -1.03. The van der Waals surface area contributed by atoms with Gasteiger partial charge in [0.15, 0.2) is 0 Å². The Bertz CT molecular complexity index is 434. The van der Waals surface area contributed by atoms with Crippen molar-refractivity contribution in [1.29, 1.82) is 0 Å². The van der Waals surface area contributed by atoms with Gasteiger partial charge in [0.2, 0.25) is 0 Å². The molecule has 0 aliphatic carbocycles. The van der Waals surface area contributed by atoms with Gasteiger partial charge in [-0.2, -0.15) is 0 Å². The fourth-order valence-electron chi connectivity index (χ4n) is 1.67. The summed E-state index contributed by atoms with van der Waals surface area (Å²) in [6, 6.07) is 8.60. The standard InChI is InChI=1S/C14H20N2O3/c1-4-11(2)15(3)14(19)16(10-13(17)18)12-8-6-5-7-9-12/h5-9,11H,4,10H2,1-3H3,(H,17,18). The summed E-state index contributed by atoms with van der Waals surface area (Å²) in [5.41, 5.74) is 0.588. The van der Waals surface area contributed by atoms with Gasteiger partial charge >= 0.3 is 12.0 Å². The lowest BCUT2D eigenvalue weighted by Crippen LogP contribution is -2.47. The van der Waals surface area contributed by atoms with Gasteiger partial charge in [-0.05, 0) is 25.5 Å². The number of nitrogens with zero attached hydrogens (tertiary/aromatic N) is 2. The number of benzene rings is 1. The molecule has 0 saturated carbocycles. The number of urea groups is 1. The number of hydrogen-bond acceptors (Lipinski definition) is 2. The van der Waals surface area contributed by atoms with E-state index in [1.165, 1.54) is 4.90 Å². The fraction of sp³-hybridized carbons (Fsp3) is 0.429. The Morgan fingerprint density at radius 3 is 2.32 bits per heavy atom. The van der Waals surface area contributed by atoms with Crippen LogP contribution in [0.4, 0.5) is 10.5 Å². The Morgan fingerprint density at radius 1 is 1.26 bits per heavy atom. The van der Waals surface area contributed by atoms with Gasteiger partial charge in [0, 0.05) is 18.8 Å². The first kappa shape index (κ1) is 15.0. The summed E-state index contributed by atoms with van der Waals surface area (Å²) in [7, 11) is 1.69. The second-order valence-corrected chi connectivity index (χ2v) is 4.47. The SMILES string of the molecule is CCC(C)N(C)C(=O)N(CC(=O)O)c1ccccc1. The molecule has 0 aliphatic heterocycles. The van der Waals surface area contributed by atoms with E-state index in [1.807, 2.05) is 19.9 Å². The Hall–Kier alpha value is -2.04. The van der Waals surface area contributed by atoms with Crippen molar-refractivity contribution in [3.63, 3.8) is 0 Å². The molecule has 0 bridgehead atoms. The highest BCUT2D eigenvalue weighted by Gasteiger charge is 2.24. The molecule has 0 saturated heterocycles. The third-order valence-corrected chi connectivity index (χ3v) is 3.15. The van der Waals surface area contributed by atoms with E-state index in [9.17, 15) is 9.59 Å². The molecule has 19 heavy (non-hydrogen) atoms. The molecule has 2 amide bonds. The number of hydrogen-bond donors (Lipinski definition) is 1. The van der Waals surface area contributed by atoms with Gasteiger partial charge in [-0.25, -0.2) is 4.79 Å². The van der Waals surface area contributed by atoms with E-state index < -0.39 is 5.97 Å². The second kappa shape index (κ2) is 6.78. The molecule has 0 spiro atoms. The minimum Gasteiger partial charge on any atom is -0.480 e. The Labute approximate surface area is 113 Å². The van der Waals surface area contributed by atoms with Crippen LogP contribution >= 0.6 is 0 Å². The molecule has 0 heterocycles. The number of carboxylic acid groups (broad SMARTS) is 1. The smallest absolute Gasteiger partial charge is 0.325 e. The average Bonchev–Trinajstić information content (AvgIpc) is 2.43. The van der Waals surface area contributed by atoms with E-state index >= 15 is 0 Å². The van der Waals surface area contributed by atoms with Crippen LogP contribution in [0.2, 0.25) is 0 Å². The van der Waals surface area contributed by atoms with Crippen LogP contribution in [0.15, 0.2) is 30.3 Å². The van der Waals surface area contributed by atoms with Crippen LogP contribution in [0.1, 0.15) is 20.3 Å². The van der Waals surface area contributed by atoms with Crippen LogP contribution in [0.25, 0.3) is 0 Å². The molecule has 0 radical (unpaired) electrons. The first-order chi connectivity index (χ1) is 8.97. The van der Waals surface area contributed by atoms with Crippen LogP contribution in [0.3, 0.4) is 0 Å². The zero-order chi connectivity index (χ0) is 14.4. The lowest BCUT2D eigenvalue weighted by Gasteiger charge is -2.30. The van der Waals surface area contributed by atoms with Crippen molar-refractivity contribution in [2.24, 2.45) is 0 Å². The molecule has 0 aromatic heterocycles. The van der Waals surface area contributed by atoms with E-state index in [1.54, 1.807) is 36.2 Å². The number of para-hydroxylation sites is 1. The Kier molecular flexibility index (Phi) is 5.36. The fourth-order valence-corrected chi connectivity index (χ4v) is 1.67. The van der Waals surface area contributed by atoms with Crippen LogP contribution in [-0.2, 0) is 4.79 Å². The minimum absolute atomic E-state index is 0.0625. The zero-order valence-electron chi connectivity index (χ0n) is 11.5. The molecule has 0 aliphatic rings. The van der Waals surface area contributed by atoms with Gasteiger partial charge in [-0.3, -0.25) is 9.69 Å². The highest BCUT2D eigenvalue weighted by molar-refractivity contribution is 5.96. The molecular formula is C14H20N2O3. The van der Waals surface area contributed by atoms with Crippen molar-refractivity contribution in [2.75, 3.05) is 18.5 Å². The zero-order valence-corrected chi connectivity index (χ0v) is 11.5. The van der Waals surface area contributed by atoms with E-state index in [0.29, 0.717) is 5.69 Å². The highest BCUT2D eigenvalue weighted by Crippen LogP contribution is 2.16. The van der Waals surface area contributed by atoms with Crippen molar-refractivity contribution >= 4 is 17.7 Å². The van der Waals surface area contributed by atoms with E-state index in [0.717, 1.165) is 6.42 Å². The normalized spacial score (nSPS) is 11.7. The molecule has 1 rings (SSSR count). The maximum atomic E-state index is 12.4. The van der Waals surface area contributed by atoms with E-state index in [-0.39, 0.29) is 18.6 Å². The molecule has 0 fully saturated rings. The summed E-state index contributed by atoms with van der Waals surface area (Å²) in [5, 5.41) is 8.96. The highest BCUT2D eigenvalue weighted by atomic mass is 16.4. The van der Waals surface area contributed by atoms with Gasteiger partial charge in [0.1, 0.15) is 6.54 Å². The number of anilines is 1. The third kappa shape index (κ3) is 3.98. The predicted molar refractivity (Wildman–Crippen MR) is 74.3 cm³/mol. The largest absolute Gasteiger partial charge is 0.480 e. The van der Waals surface area contributed by atoms with Crippen molar-refractivity contribution < 1.29 is 14.7 Å². The van der Waals surface area contributed by atoms with Gasteiger partial charge in [0.25, 0.3) is 0 Å². The molecule has 1 atom stereocenters. The van der Waals surface area contributed by atoms with Crippen LogP contribution in [-0.4, -0.2) is 41.6 Å². The number of carbonyl (C=O) groups is 2. The Morgan fingerprint density at radius 2 is 1.84 bits per heavy atom. The quantitative estimate of drug-likeness (QED) is 0.888. The van der Waals surface area contributed by atoms with Crippen LogP contribution in [0, 0.1) is 0 Å². The average molecular weight is 264 g/mol. The van der Waals surface area contributed by atoms with E-state index in [4.69, 9.17) is 5.11 Å². The lowest BCUT2D eigenvalue weighted by molar-refractivity contribution is -0.135. The Balaban J connectivity index is 2.98. The molecule has 1 aromatic carbocycles. The molecule has 1 N–H and O–H groups in total. The summed E-state index contributed by atoms with van der Waals surface area (Å²) in [6.45, 7) is 3.57. The summed E-state index contributed by atoms with van der Waals surface area (Å²) < 4.78 is 0. The first-order valence-electron chi connectivity index (χ1n) is 6.28. The van der Waals surface area contributed by atoms with Gasteiger partial charge in [-0.1, -0.05) is 25.1 Å². The number of amides is 2. The van der Waals surface area contributed by atoms with Gasteiger partial charge in [-0.15, -0.1) is 0 Å². The van der Waals surface area contributed by atoms with E-state index in [2.05, 4.69) is 0 Å². The topological polar surface area (TPSA) is 60.9 Å². The maximum absolute atomic E-state index is 12.4. The molecule has 5 nitrogen and oxygen atoms in total. The predicted octanol–water partition coefficient (Wildman–Crippen LogP) is 2.43. The molecule has 104 valence electrons. The number of aliphatic carboxylic acids is 1. The summed E-state index contributed by atoms with van der Waals surface area (Å²) in [6.07, 6.45) is 0.817. The molecule has 1 unspecified atom stereocenters. The van der Waals surface area contributed by atoms with Crippen molar-refractivity contribution in [1.82, 2.24) is 4.90 Å². The maximum Gasteiger partial charge on any atom is 0.325 e. The van der Waals surface area contributed by atoms with Gasteiger partial charge < -0.3 is 10.0 Å². The number of carbonyl (C=O) groups excluding carboxylic acids is 1. The minimum atomic E-state index is -1.03. The second-order valence-electron chi connectivity index (χ2n) is 4.47. The molecule has 1 aromatic rings. The number of rotatable bonds is 5. The number of carboxylic acids is 1. The van der Waals surface area contributed by atoms with Crippen molar-refractivity contribution in [3.8, 4) is 0 Å². The lowest BCUT2D eigenvalue weighted by atomic mass is 10.2. The van der Waals surface area contributed by atoms with Crippen LogP contribution in [0.5, 0.6) is 0 Å².